The molecule has 8 nitrogen and oxygen atoms in total. The normalized spacial score (nSPS) is 14.6. The van der Waals surface area contributed by atoms with Crippen molar-refractivity contribution in [1.29, 1.82) is 0 Å². The van der Waals surface area contributed by atoms with Gasteiger partial charge in [0.25, 0.3) is 23.6 Å². The first kappa shape index (κ1) is 35.8. The lowest BCUT2D eigenvalue weighted by Crippen LogP contribution is -3.00. The van der Waals surface area contributed by atoms with Crippen LogP contribution in [0.25, 0.3) is 0 Å². The summed E-state index contributed by atoms with van der Waals surface area (Å²) in [5.41, 5.74) is 1.71. The number of halogens is 2. The summed E-state index contributed by atoms with van der Waals surface area (Å²) in [5.74, 6) is -0.732. The number of imide groups is 2. The molecule has 0 atom stereocenters. The fourth-order valence-electron chi connectivity index (χ4n) is 5.67. The van der Waals surface area contributed by atoms with Gasteiger partial charge in [-0.3, -0.25) is 29.0 Å². The van der Waals surface area contributed by atoms with Gasteiger partial charge in [-0.2, -0.15) is 0 Å². The number of carbonyl (C=O) groups is 4. The predicted octanol–water partition coefficient (Wildman–Crippen LogP) is -3.67. The van der Waals surface area contributed by atoms with Gasteiger partial charge in [-0.25, -0.2) is 0 Å². The molecule has 2 aliphatic rings. The lowest BCUT2D eigenvalue weighted by molar-refractivity contribution is -0.667. The quantitative estimate of drug-likeness (QED) is 0.147. The van der Waals surface area contributed by atoms with E-state index in [2.05, 4.69) is 38.3 Å². The van der Waals surface area contributed by atoms with E-state index in [4.69, 9.17) is 0 Å². The minimum atomic E-state index is -0.183. The third kappa shape index (κ3) is 8.58. The standard InChI is InChI=1S/C32H42N4O4.2BrH/c1-31(2,21-35-27(37)23-13-7-8-14-24(23)28(35)38)19-33-17-11-5-6-12-18-34-20-32(3,4)22-36-29(39)25-15-9-10-16-26(25)30(36)40;;/h7-10,13-16,33-34H,5-6,11-12,17-22H2,1-4H3;2*1H. The van der Waals surface area contributed by atoms with Crippen LogP contribution in [0.3, 0.4) is 0 Å². The van der Waals surface area contributed by atoms with Crippen molar-refractivity contribution in [3.05, 3.63) is 70.8 Å². The van der Waals surface area contributed by atoms with Crippen molar-refractivity contribution >= 4 is 23.6 Å². The van der Waals surface area contributed by atoms with Crippen LogP contribution in [-0.2, 0) is 0 Å². The molecule has 2 aliphatic heterocycles. The van der Waals surface area contributed by atoms with E-state index in [1.165, 1.54) is 22.6 Å². The van der Waals surface area contributed by atoms with Crippen molar-refractivity contribution < 1.29 is 63.8 Å². The number of fused-ring (bicyclic) bond motifs is 2. The topological polar surface area (TPSA) is 108 Å². The molecule has 2 aromatic rings. The van der Waals surface area contributed by atoms with Gasteiger partial charge in [0.15, 0.2) is 0 Å². The van der Waals surface area contributed by atoms with Crippen molar-refractivity contribution in [2.45, 2.75) is 53.4 Å². The lowest BCUT2D eigenvalue weighted by Gasteiger charge is -2.27. The zero-order valence-electron chi connectivity index (χ0n) is 25.1. The largest absolute Gasteiger partial charge is 1.00 e. The molecule has 0 aromatic heterocycles. The van der Waals surface area contributed by atoms with E-state index in [1.54, 1.807) is 48.5 Å². The molecule has 0 saturated carbocycles. The molecular weight excluding hydrogens is 664 g/mol. The predicted molar refractivity (Wildman–Crippen MR) is 153 cm³/mol. The maximum Gasteiger partial charge on any atom is 0.261 e. The average molecular weight is 709 g/mol. The highest BCUT2D eigenvalue weighted by Crippen LogP contribution is 2.27. The van der Waals surface area contributed by atoms with Gasteiger partial charge in [0.2, 0.25) is 0 Å². The van der Waals surface area contributed by atoms with Crippen LogP contribution in [0.1, 0.15) is 94.8 Å². The molecule has 0 fully saturated rings. The van der Waals surface area contributed by atoms with Gasteiger partial charge in [0.05, 0.1) is 48.4 Å². The van der Waals surface area contributed by atoms with Crippen molar-refractivity contribution in [3.63, 3.8) is 0 Å². The maximum absolute atomic E-state index is 12.7. The van der Waals surface area contributed by atoms with E-state index in [9.17, 15) is 19.2 Å². The highest BCUT2D eigenvalue weighted by molar-refractivity contribution is 6.22. The third-order valence-electron chi connectivity index (χ3n) is 7.89. The van der Waals surface area contributed by atoms with Crippen LogP contribution < -0.4 is 44.6 Å². The number of benzene rings is 2. The highest BCUT2D eigenvalue weighted by atomic mass is 79.9. The number of amides is 4. The Morgan fingerprint density at radius 2 is 0.810 bits per heavy atom. The summed E-state index contributed by atoms with van der Waals surface area (Å²) in [6, 6.07) is 14.1. The van der Waals surface area contributed by atoms with Gasteiger partial charge < -0.3 is 44.6 Å². The minimum absolute atomic E-state index is 0. The Bertz CT molecular complexity index is 1110. The third-order valence-corrected chi connectivity index (χ3v) is 7.89. The number of rotatable bonds is 15. The van der Waals surface area contributed by atoms with Crippen LogP contribution in [0.2, 0.25) is 0 Å². The molecule has 0 radical (unpaired) electrons. The van der Waals surface area contributed by atoms with Crippen LogP contribution in [-0.4, -0.2) is 72.7 Å². The second kappa shape index (κ2) is 15.4. The van der Waals surface area contributed by atoms with Gasteiger partial charge in [0.1, 0.15) is 0 Å². The maximum atomic E-state index is 12.7. The second-order valence-corrected chi connectivity index (χ2v) is 12.8. The van der Waals surface area contributed by atoms with E-state index in [-0.39, 0.29) is 68.4 Å². The first-order chi connectivity index (χ1) is 19.0. The second-order valence-electron chi connectivity index (χ2n) is 12.8. The number of quaternary nitrogens is 2. The number of carbonyl (C=O) groups excluding carboxylic acids is 4. The Balaban J connectivity index is 0.00000308. The highest BCUT2D eigenvalue weighted by Gasteiger charge is 2.40. The number of hydrogen-bond acceptors (Lipinski definition) is 4. The molecule has 0 spiro atoms. The van der Waals surface area contributed by atoms with Gasteiger partial charge >= 0.3 is 0 Å². The van der Waals surface area contributed by atoms with Crippen LogP contribution in [0.4, 0.5) is 0 Å². The molecule has 4 rings (SSSR count). The minimum Gasteiger partial charge on any atom is -1.00 e. The van der Waals surface area contributed by atoms with Gasteiger partial charge in [0, 0.05) is 23.9 Å². The molecule has 4 N–H and O–H groups in total. The summed E-state index contributed by atoms with van der Waals surface area (Å²) >= 11 is 0. The van der Waals surface area contributed by atoms with Crippen LogP contribution in [0, 0.1) is 10.8 Å². The summed E-state index contributed by atoms with van der Waals surface area (Å²) in [6.07, 6.45) is 4.60. The molecule has 0 unspecified atom stereocenters. The smallest absolute Gasteiger partial charge is 0.261 e. The number of nitrogens with two attached hydrogens (primary N) is 2. The summed E-state index contributed by atoms with van der Waals surface area (Å²) in [5, 5.41) is 4.60. The molecule has 42 heavy (non-hydrogen) atoms. The Kier molecular flexibility index (Phi) is 13.1. The van der Waals surface area contributed by atoms with Crippen LogP contribution in [0.15, 0.2) is 48.5 Å². The molecule has 0 bridgehead atoms. The molecule has 0 saturated heterocycles. The van der Waals surface area contributed by atoms with Gasteiger partial charge in [-0.05, 0) is 49.9 Å². The number of nitrogens with zero attached hydrogens (tertiary/aromatic N) is 2. The first-order valence-electron chi connectivity index (χ1n) is 14.5. The summed E-state index contributed by atoms with van der Waals surface area (Å²) < 4.78 is 0. The SMILES string of the molecule is CC(C)(C[NH2+]CCCCCC[NH2+]CC(C)(C)CN1C(=O)c2ccccc2C1=O)CN1C(=O)c2ccccc2C1=O.[Br-].[Br-]. The molecular formula is C32H44Br2N4O4. The Morgan fingerprint density at radius 1 is 0.524 bits per heavy atom. The monoisotopic (exact) mass is 706 g/mol. The molecule has 0 aliphatic carbocycles. The molecule has 2 heterocycles. The fraction of sp³-hybridized carbons (Fsp3) is 0.500. The fourth-order valence-corrected chi connectivity index (χ4v) is 5.67. The zero-order valence-corrected chi connectivity index (χ0v) is 28.3. The van der Waals surface area contributed by atoms with Crippen molar-refractivity contribution in [2.75, 3.05) is 39.3 Å². The first-order valence-corrected chi connectivity index (χ1v) is 14.5. The van der Waals surface area contributed by atoms with Crippen molar-refractivity contribution in [2.24, 2.45) is 10.8 Å². The molecule has 10 heteroatoms. The number of hydrogen-bond donors (Lipinski definition) is 2. The van der Waals surface area contributed by atoms with Crippen LogP contribution in [0.5, 0.6) is 0 Å². The van der Waals surface area contributed by atoms with Gasteiger partial charge in [-0.1, -0.05) is 52.0 Å². The van der Waals surface area contributed by atoms with E-state index in [0.717, 1.165) is 39.0 Å². The summed E-state index contributed by atoms with van der Waals surface area (Å²) in [4.78, 5) is 53.5. The van der Waals surface area contributed by atoms with Crippen LogP contribution >= 0.6 is 0 Å². The average Bonchev–Trinajstić information content (AvgIpc) is 3.30. The Labute approximate surface area is 270 Å². The lowest BCUT2D eigenvalue weighted by atomic mass is 9.92. The molecule has 230 valence electrons. The van der Waals surface area contributed by atoms with Gasteiger partial charge in [-0.15, -0.1) is 0 Å². The number of unbranched alkanes of at least 4 members (excludes halogenated alkanes) is 3. The summed E-state index contributed by atoms with van der Waals surface area (Å²) in [7, 11) is 0. The Hall–Kier alpha value is -2.40. The molecule has 4 amide bonds. The van der Waals surface area contributed by atoms with E-state index < -0.39 is 0 Å². The summed E-state index contributed by atoms with van der Waals surface area (Å²) in [6.45, 7) is 13.1. The van der Waals surface area contributed by atoms with Crippen molar-refractivity contribution in [1.82, 2.24) is 9.80 Å². The van der Waals surface area contributed by atoms with E-state index in [1.807, 2.05) is 0 Å². The van der Waals surface area contributed by atoms with E-state index >= 15 is 0 Å². The zero-order chi connectivity index (χ0) is 28.9. The molecule has 2 aromatic carbocycles. The van der Waals surface area contributed by atoms with Crippen molar-refractivity contribution in [3.8, 4) is 0 Å². The Morgan fingerprint density at radius 3 is 1.10 bits per heavy atom. The van der Waals surface area contributed by atoms with E-state index in [0.29, 0.717) is 35.3 Å².